The highest BCUT2D eigenvalue weighted by atomic mass is 16.5. The summed E-state index contributed by atoms with van der Waals surface area (Å²) < 4.78 is 9.66. The average Bonchev–Trinajstić information content (AvgIpc) is 2.15. The molecule has 1 aromatic heterocycles. The molecular weight excluding hydrogens is 174 g/mol. The van der Waals surface area contributed by atoms with E-state index < -0.39 is 5.97 Å². The molecule has 0 bridgehead atoms. The Labute approximate surface area is 74.9 Å². The molecule has 13 heavy (non-hydrogen) atoms. The zero-order valence-corrected chi connectivity index (χ0v) is 7.06. The molecular formula is C8H9NO4. The molecule has 0 fully saturated rings. The smallest absolute Gasteiger partial charge is 0.341 e. The van der Waals surface area contributed by atoms with Crippen molar-refractivity contribution in [3.05, 3.63) is 18.3 Å². The maximum Gasteiger partial charge on any atom is 0.341 e. The van der Waals surface area contributed by atoms with Crippen LogP contribution in [0.25, 0.3) is 0 Å². The number of hydrogen-bond donors (Lipinski definition) is 1. The lowest BCUT2D eigenvalue weighted by atomic mass is 10.4. The highest BCUT2D eigenvalue weighted by Gasteiger charge is 1.99. The van der Waals surface area contributed by atoms with Crippen LogP contribution in [0.1, 0.15) is 0 Å². The van der Waals surface area contributed by atoms with Crippen LogP contribution in [0.4, 0.5) is 0 Å². The van der Waals surface area contributed by atoms with E-state index in [-0.39, 0.29) is 6.61 Å². The number of carbonyl (C=O) groups is 1. The molecule has 0 amide bonds. The monoisotopic (exact) mass is 183 g/mol. The summed E-state index contributed by atoms with van der Waals surface area (Å²) in [5.74, 6) is -0.151. The number of hydrogen-bond acceptors (Lipinski definition) is 4. The summed E-state index contributed by atoms with van der Waals surface area (Å²) in [5.41, 5.74) is 0. The summed E-state index contributed by atoms with van der Waals surface area (Å²) in [6.45, 7) is -0.367. The highest BCUT2D eigenvalue weighted by Crippen LogP contribution is 2.12. The molecule has 0 unspecified atom stereocenters. The fourth-order valence-corrected chi connectivity index (χ4v) is 0.718. The van der Waals surface area contributed by atoms with Gasteiger partial charge in [-0.2, -0.15) is 0 Å². The Morgan fingerprint density at radius 3 is 2.85 bits per heavy atom. The quantitative estimate of drug-likeness (QED) is 0.738. The Morgan fingerprint density at radius 1 is 1.62 bits per heavy atom. The average molecular weight is 183 g/mol. The first-order valence-electron chi connectivity index (χ1n) is 3.57. The second kappa shape index (κ2) is 4.30. The number of carboxylic acids is 1. The van der Waals surface area contributed by atoms with E-state index in [1.165, 1.54) is 13.3 Å². The van der Waals surface area contributed by atoms with Crippen LogP contribution in [-0.2, 0) is 4.79 Å². The number of aliphatic carboxylic acids is 1. The van der Waals surface area contributed by atoms with Crippen LogP contribution in [0, 0.1) is 0 Å². The van der Waals surface area contributed by atoms with E-state index in [9.17, 15) is 4.79 Å². The van der Waals surface area contributed by atoms with Gasteiger partial charge < -0.3 is 14.6 Å². The zero-order valence-electron chi connectivity index (χ0n) is 7.06. The van der Waals surface area contributed by atoms with Crippen LogP contribution in [0.5, 0.6) is 11.6 Å². The van der Waals surface area contributed by atoms with Crippen molar-refractivity contribution >= 4 is 5.97 Å². The van der Waals surface area contributed by atoms with Crippen LogP contribution in [0.3, 0.4) is 0 Å². The van der Waals surface area contributed by atoms with E-state index in [0.717, 1.165) is 0 Å². The van der Waals surface area contributed by atoms with Gasteiger partial charge in [0, 0.05) is 6.07 Å². The lowest BCUT2D eigenvalue weighted by Gasteiger charge is -2.02. The minimum atomic E-state index is -1.02. The van der Waals surface area contributed by atoms with Crippen LogP contribution in [0.15, 0.2) is 18.3 Å². The predicted molar refractivity (Wildman–Crippen MR) is 43.9 cm³/mol. The van der Waals surface area contributed by atoms with Gasteiger partial charge in [0.1, 0.15) is 5.75 Å². The Bertz CT molecular complexity index is 283. The maximum absolute atomic E-state index is 10.1. The van der Waals surface area contributed by atoms with Gasteiger partial charge in [0.2, 0.25) is 5.88 Å². The van der Waals surface area contributed by atoms with Gasteiger partial charge in [-0.05, 0) is 6.07 Å². The van der Waals surface area contributed by atoms with E-state index in [1.54, 1.807) is 12.1 Å². The van der Waals surface area contributed by atoms with Gasteiger partial charge in [-0.15, -0.1) is 0 Å². The lowest BCUT2D eigenvalue weighted by molar-refractivity contribution is -0.139. The second-order valence-corrected chi connectivity index (χ2v) is 2.22. The third kappa shape index (κ3) is 2.98. The fourth-order valence-electron chi connectivity index (χ4n) is 0.718. The summed E-state index contributed by atoms with van der Waals surface area (Å²) in [6.07, 6.45) is 1.40. The number of aromatic nitrogens is 1. The number of pyridine rings is 1. The summed E-state index contributed by atoms with van der Waals surface area (Å²) in [6, 6.07) is 3.19. The standard InChI is InChI=1S/C8H9NO4/c1-12-7-3-2-6(4-9-7)13-5-8(10)11/h2-4H,5H2,1H3,(H,10,11). The van der Waals surface area contributed by atoms with Crippen molar-refractivity contribution in [1.82, 2.24) is 4.98 Å². The number of carboxylic acid groups (broad SMARTS) is 1. The molecule has 1 rings (SSSR count). The molecule has 0 aliphatic carbocycles. The Hall–Kier alpha value is -1.78. The summed E-state index contributed by atoms with van der Waals surface area (Å²) >= 11 is 0. The molecule has 0 spiro atoms. The molecule has 5 nitrogen and oxygen atoms in total. The molecule has 0 saturated carbocycles. The number of ether oxygens (including phenoxy) is 2. The largest absolute Gasteiger partial charge is 0.481 e. The number of methoxy groups -OCH3 is 1. The highest BCUT2D eigenvalue weighted by molar-refractivity contribution is 5.68. The van der Waals surface area contributed by atoms with Gasteiger partial charge in [0.25, 0.3) is 0 Å². The van der Waals surface area contributed by atoms with Crippen molar-refractivity contribution in [2.75, 3.05) is 13.7 Å². The van der Waals surface area contributed by atoms with E-state index in [4.69, 9.17) is 14.6 Å². The molecule has 5 heteroatoms. The van der Waals surface area contributed by atoms with E-state index in [0.29, 0.717) is 11.6 Å². The first-order chi connectivity index (χ1) is 6.22. The SMILES string of the molecule is COc1ccc(OCC(=O)O)cn1. The van der Waals surface area contributed by atoms with Crippen LogP contribution >= 0.6 is 0 Å². The zero-order chi connectivity index (χ0) is 9.68. The van der Waals surface area contributed by atoms with Gasteiger partial charge in [-0.25, -0.2) is 9.78 Å². The summed E-state index contributed by atoms with van der Waals surface area (Å²) in [7, 11) is 1.50. The molecule has 0 atom stereocenters. The number of rotatable bonds is 4. The third-order valence-electron chi connectivity index (χ3n) is 1.28. The normalized spacial score (nSPS) is 9.31. The van der Waals surface area contributed by atoms with Crippen LogP contribution in [0.2, 0.25) is 0 Å². The van der Waals surface area contributed by atoms with Crippen molar-refractivity contribution in [1.29, 1.82) is 0 Å². The first-order valence-corrected chi connectivity index (χ1v) is 3.57. The molecule has 0 radical (unpaired) electrons. The molecule has 0 saturated heterocycles. The Kier molecular flexibility index (Phi) is 3.08. The van der Waals surface area contributed by atoms with Crippen LogP contribution in [-0.4, -0.2) is 29.8 Å². The molecule has 0 aromatic carbocycles. The van der Waals surface area contributed by atoms with Crippen molar-refractivity contribution in [2.45, 2.75) is 0 Å². The molecule has 0 aliphatic heterocycles. The van der Waals surface area contributed by atoms with Crippen LogP contribution < -0.4 is 9.47 Å². The predicted octanol–water partition coefficient (Wildman–Crippen LogP) is 0.554. The second-order valence-electron chi connectivity index (χ2n) is 2.22. The number of nitrogens with zero attached hydrogens (tertiary/aromatic N) is 1. The fraction of sp³-hybridized carbons (Fsp3) is 0.250. The Balaban J connectivity index is 2.54. The van der Waals surface area contributed by atoms with Crippen molar-refractivity contribution in [2.24, 2.45) is 0 Å². The molecule has 1 N–H and O–H groups in total. The van der Waals surface area contributed by atoms with Gasteiger partial charge in [-0.1, -0.05) is 0 Å². The summed E-state index contributed by atoms with van der Waals surface area (Å²) in [5, 5.41) is 8.31. The van der Waals surface area contributed by atoms with Crippen molar-refractivity contribution in [3.8, 4) is 11.6 Å². The van der Waals surface area contributed by atoms with Crippen molar-refractivity contribution < 1.29 is 19.4 Å². The minimum absolute atomic E-state index is 0.367. The molecule has 1 heterocycles. The van der Waals surface area contributed by atoms with E-state index >= 15 is 0 Å². The topological polar surface area (TPSA) is 68.7 Å². The minimum Gasteiger partial charge on any atom is -0.481 e. The first kappa shape index (κ1) is 9.31. The van der Waals surface area contributed by atoms with Gasteiger partial charge in [-0.3, -0.25) is 0 Å². The molecule has 0 aliphatic rings. The molecule has 70 valence electrons. The van der Waals surface area contributed by atoms with Gasteiger partial charge in [0.15, 0.2) is 6.61 Å². The molecule has 1 aromatic rings. The van der Waals surface area contributed by atoms with E-state index in [1.807, 2.05) is 0 Å². The lowest BCUT2D eigenvalue weighted by Crippen LogP contribution is -2.09. The van der Waals surface area contributed by atoms with Gasteiger partial charge >= 0.3 is 5.97 Å². The van der Waals surface area contributed by atoms with Crippen molar-refractivity contribution in [3.63, 3.8) is 0 Å². The summed E-state index contributed by atoms with van der Waals surface area (Å²) in [4.78, 5) is 14.0. The van der Waals surface area contributed by atoms with Gasteiger partial charge in [0.05, 0.1) is 13.3 Å². The third-order valence-corrected chi connectivity index (χ3v) is 1.28. The maximum atomic E-state index is 10.1. The Morgan fingerprint density at radius 2 is 2.38 bits per heavy atom. The van der Waals surface area contributed by atoms with E-state index in [2.05, 4.69) is 4.98 Å².